The van der Waals surface area contributed by atoms with Crippen LogP contribution in [0.25, 0.3) is 0 Å². The second-order valence-corrected chi connectivity index (χ2v) is 3.60. The van der Waals surface area contributed by atoms with Crippen molar-refractivity contribution >= 4 is 21.9 Å². The predicted molar refractivity (Wildman–Crippen MR) is 56.8 cm³/mol. The highest BCUT2D eigenvalue weighted by Gasteiger charge is 2.16. The molecule has 0 fully saturated rings. The van der Waals surface area contributed by atoms with E-state index in [1.165, 1.54) is 7.11 Å². The molecule has 0 saturated carbocycles. The van der Waals surface area contributed by atoms with Crippen LogP contribution < -0.4 is 4.74 Å². The lowest BCUT2D eigenvalue weighted by molar-refractivity contribution is 0.0598. The minimum atomic E-state index is -0.367. The highest BCUT2D eigenvalue weighted by molar-refractivity contribution is 9.10. The van der Waals surface area contributed by atoms with Gasteiger partial charge in [0.2, 0.25) is 0 Å². The van der Waals surface area contributed by atoms with Gasteiger partial charge >= 0.3 is 5.97 Å². The summed E-state index contributed by atoms with van der Waals surface area (Å²) in [5.41, 5.74) is 1.28. The Labute approximate surface area is 91.1 Å². The lowest BCUT2D eigenvalue weighted by Gasteiger charge is -2.10. The van der Waals surface area contributed by atoms with Gasteiger partial charge in [-0.1, -0.05) is 0 Å². The van der Waals surface area contributed by atoms with Gasteiger partial charge in [-0.3, -0.25) is 0 Å². The van der Waals surface area contributed by atoms with Gasteiger partial charge in [0.05, 0.1) is 19.8 Å². The Morgan fingerprint density at radius 2 is 2.00 bits per heavy atom. The lowest BCUT2D eigenvalue weighted by atomic mass is 10.1. The van der Waals surface area contributed by atoms with Gasteiger partial charge in [0.1, 0.15) is 5.75 Å². The first-order valence-corrected chi connectivity index (χ1v) is 4.82. The van der Waals surface area contributed by atoms with Crippen molar-refractivity contribution in [3.05, 3.63) is 27.7 Å². The van der Waals surface area contributed by atoms with Crippen molar-refractivity contribution in [2.75, 3.05) is 14.2 Å². The SMILES string of the molecule is COC(=O)c1c(Br)ccc(OC)c1C. The first-order chi connectivity index (χ1) is 6.61. The first kappa shape index (κ1) is 11.0. The molecule has 0 heterocycles. The van der Waals surface area contributed by atoms with E-state index in [2.05, 4.69) is 20.7 Å². The van der Waals surface area contributed by atoms with E-state index < -0.39 is 0 Å². The van der Waals surface area contributed by atoms with Crippen LogP contribution >= 0.6 is 15.9 Å². The predicted octanol–water partition coefficient (Wildman–Crippen LogP) is 2.55. The van der Waals surface area contributed by atoms with Gasteiger partial charge < -0.3 is 9.47 Å². The van der Waals surface area contributed by atoms with Crippen LogP contribution in [0.3, 0.4) is 0 Å². The van der Waals surface area contributed by atoms with E-state index in [1.807, 2.05) is 6.92 Å². The molecule has 0 aliphatic carbocycles. The molecule has 76 valence electrons. The molecule has 0 atom stereocenters. The number of rotatable bonds is 2. The molecule has 0 spiro atoms. The van der Waals surface area contributed by atoms with Crippen LogP contribution in [0.15, 0.2) is 16.6 Å². The molecular formula is C10H11BrO3. The minimum absolute atomic E-state index is 0.367. The molecule has 0 amide bonds. The van der Waals surface area contributed by atoms with E-state index in [-0.39, 0.29) is 5.97 Å². The van der Waals surface area contributed by atoms with Crippen molar-refractivity contribution in [3.63, 3.8) is 0 Å². The number of carbonyl (C=O) groups excluding carboxylic acids is 1. The van der Waals surface area contributed by atoms with Crippen LogP contribution in [0, 0.1) is 6.92 Å². The third kappa shape index (κ3) is 1.90. The van der Waals surface area contributed by atoms with Crippen molar-refractivity contribution in [1.82, 2.24) is 0 Å². The normalized spacial score (nSPS) is 9.71. The zero-order valence-electron chi connectivity index (χ0n) is 8.26. The monoisotopic (exact) mass is 258 g/mol. The molecule has 0 saturated heterocycles. The van der Waals surface area contributed by atoms with Gasteiger partial charge in [-0.25, -0.2) is 4.79 Å². The number of methoxy groups -OCH3 is 2. The topological polar surface area (TPSA) is 35.5 Å². The number of ether oxygens (including phenoxy) is 2. The number of hydrogen-bond acceptors (Lipinski definition) is 3. The summed E-state index contributed by atoms with van der Waals surface area (Å²) in [6.45, 7) is 1.82. The molecule has 0 bridgehead atoms. The Morgan fingerprint density at radius 3 is 2.50 bits per heavy atom. The highest BCUT2D eigenvalue weighted by Crippen LogP contribution is 2.28. The van der Waals surface area contributed by atoms with E-state index in [4.69, 9.17) is 4.74 Å². The second-order valence-electron chi connectivity index (χ2n) is 2.74. The van der Waals surface area contributed by atoms with E-state index in [0.29, 0.717) is 15.8 Å². The summed E-state index contributed by atoms with van der Waals surface area (Å²) < 4.78 is 10.5. The van der Waals surface area contributed by atoms with Crippen LogP contribution in [0.5, 0.6) is 5.75 Å². The van der Waals surface area contributed by atoms with Crippen LogP contribution in [0.4, 0.5) is 0 Å². The molecule has 0 aliphatic heterocycles. The van der Waals surface area contributed by atoms with Crippen LogP contribution in [-0.2, 0) is 4.74 Å². The largest absolute Gasteiger partial charge is 0.496 e. The summed E-state index contributed by atoms with van der Waals surface area (Å²) in [5.74, 6) is 0.307. The molecule has 14 heavy (non-hydrogen) atoms. The zero-order valence-corrected chi connectivity index (χ0v) is 9.84. The molecule has 0 unspecified atom stereocenters. The average molecular weight is 259 g/mol. The fraction of sp³-hybridized carbons (Fsp3) is 0.300. The molecule has 1 aromatic rings. The Kier molecular flexibility index (Phi) is 3.52. The summed E-state index contributed by atoms with van der Waals surface area (Å²) >= 11 is 3.30. The summed E-state index contributed by atoms with van der Waals surface area (Å²) in [6.07, 6.45) is 0. The number of benzene rings is 1. The van der Waals surface area contributed by atoms with Crippen molar-refractivity contribution < 1.29 is 14.3 Å². The van der Waals surface area contributed by atoms with Gasteiger partial charge in [-0.15, -0.1) is 0 Å². The highest BCUT2D eigenvalue weighted by atomic mass is 79.9. The van der Waals surface area contributed by atoms with E-state index in [0.717, 1.165) is 5.56 Å². The lowest BCUT2D eigenvalue weighted by Crippen LogP contribution is -2.06. The zero-order chi connectivity index (χ0) is 10.7. The molecule has 3 nitrogen and oxygen atoms in total. The molecule has 0 N–H and O–H groups in total. The Balaban J connectivity index is 3.32. The van der Waals surface area contributed by atoms with Gasteiger partial charge in [0.25, 0.3) is 0 Å². The van der Waals surface area contributed by atoms with E-state index >= 15 is 0 Å². The summed E-state index contributed by atoms with van der Waals surface area (Å²) in [7, 11) is 2.92. The quantitative estimate of drug-likeness (QED) is 0.765. The van der Waals surface area contributed by atoms with Crippen LogP contribution in [-0.4, -0.2) is 20.2 Å². The fourth-order valence-corrected chi connectivity index (χ4v) is 1.82. The van der Waals surface area contributed by atoms with Gasteiger partial charge in [-0.05, 0) is 35.0 Å². The fourth-order valence-electron chi connectivity index (χ4n) is 1.23. The maximum atomic E-state index is 11.4. The molecule has 0 radical (unpaired) electrons. The van der Waals surface area contributed by atoms with Gasteiger partial charge in [-0.2, -0.15) is 0 Å². The first-order valence-electron chi connectivity index (χ1n) is 4.03. The van der Waals surface area contributed by atoms with Gasteiger partial charge in [0.15, 0.2) is 0 Å². The summed E-state index contributed by atoms with van der Waals surface area (Å²) in [4.78, 5) is 11.4. The van der Waals surface area contributed by atoms with E-state index in [1.54, 1.807) is 19.2 Å². The van der Waals surface area contributed by atoms with Crippen LogP contribution in [0.2, 0.25) is 0 Å². The van der Waals surface area contributed by atoms with Crippen LogP contribution in [0.1, 0.15) is 15.9 Å². The second kappa shape index (κ2) is 4.46. The third-order valence-electron chi connectivity index (χ3n) is 1.97. The molecule has 4 heteroatoms. The third-order valence-corrected chi connectivity index (χ3v) is 2.63. The summed E-state index contributed by atoms with van der Waals surface area (Å²) in [5, 5.41) is 0. The molecule has 0 aromatic heterocycles. The minimum Gasteiger partial charge on any atom is -0.496 e. The molecule has 0 aliphatic rings. The number of esters is 1. The van der Waals surface area contributed by atoms with E-state index in [9.17, 15) is 4.79 Å². The Morgan fingerprint density at radius 1 is 1.36 bits per heavy atom. The average Bonchev–Trinajstić information content (AvgIpc) is 2.18. The number of halogens is 1. The number of carbonyl (C=O) groups is 1. The smallest absolute Gasteiger partial charge is 0.339 e. The molecule has 1 rings (SSSR count). The van der Waals surface area contributed by atoms with Crippen molar-refractivity contribution in [2.24, 2.45) is 0 Å². The van der Waals surface area contributed by atoms with Crippen molar-refractivity contribution in [3.8, 4) is 5.75 Å². The molecular weight excluding hydrogens is 248 g/mol. The van der Waals surface area contributed by atoms with Crippen molar-refractivity contribution in [2.45, 2.75) is 6.92 Å². The van der Waals surface area contributed by atoms with Gasteiger partial charge in [0, 0.05) is 10.0 Å². The standard InChI is InChI=1S/C10H11BrO3/c1-6-8(13-2)5-4-7(11)9(6)10(12)14-3/h4-5H,1-3H3. The Hall–Kier alpha value is -1.03. The molecule has 1 aromatic carbocycles. The maximum Gasteiger partial charge on any atom is 0.339 e. The maximum absolute atomic E-state index is 11.4. The summed E-state index contributed by atoms with van der Waals surface area (Å²) in [6, 6.07) is 3.56. The Bertz CT molecular complexity index is 361. The van der Waals surface area contributed by atoms with Crippen molar-refractivity contribution in [1.29, 1.82) is 0 Å². The number of hydrogen-bond donors (Lipinski definition) is 0.